The predicted molar refractivity (Wildman–Crippen MR) is 106 cm³/mol. The summed E-state index contributed by atoms with van der Waals surface area (Å²) in [5.74, 6) is -1.31. The van der Waals surface area contributed by atoms with E-state index in [1.54, 1.807) is 0 Å². The summed E-state index contributed by atoms with van der Waals surface area (Å²) >= 11 is 0. The molecular weight excluding hydrogens is 404 g/mol. The summed E-state index contributed by atoms with van der Waals surface area (Å²) in [6.45, 7) is -0.00742. The van der Waals surface area contributed by atoms with Gasteiger partial charge < -0.3 is 10.1 Å². The Bertz CT molecular complexity index is 1240. The minimum Gasteiger partial charge on any atom is -0.457 e. The van der Waals surface area contributed by atoms with Gasteiger partial charge in [-0.2, -0.15) is 4.68 Å². The van der Waals surface area contributed by atoms with Crippen molar-refractivity contribution in [1.29, 1.82) is 0 Å². The third-order valence-electron chi connectivity index (χ3n) is 5.04. The quantitative estimate of drug-likeness (QED) is 0.548. The summed E-state index contributed by atoms with van der Waals surface area (Å²) in [5.41, 5.74) is 1.74. The molecule has 1 aromatic heterocycles. The molecule has 0 radical (unpaired) electrons. The van der Waals surface area contributed by atoms with Crippen LogP contribution in [0.2, 0.25) is 0 Å². The van der Waals surface area contributed by atoms with E-state index in [0.717, 1.165) is 23.3 Å². The molecule has 0 saturated heterocycles. The van der Waals surface area contributed by atoms with Crippen LogP contribution in [-0.2, 0) is 11.3 Å². The lowest BCUT2D eigenvalue weighted by molar-refractivity contribution is -0.122. The number of fused-ring (bicyclic) bond motifs is 2. The molecule has 0 bridgehead atoms. The molecule has 3 aromatic carbocycles. The van der Waals surface area contributed by atoms with Crippen LogP contribution in [0.15, 0.2) is 66.7 Å². The van der Waals surface area contributed by atoms with Gasteiger partial charge in [-0.05, 0) is 34.7 Å². The molecule has 154 valence electrons. The number of rotatable bonds is 4. The van der Waals surface area contributed by atoms with Crippen molar-refractivity contribution in [3.63, 3.8) is 0 Å². The highest BCUT2D eigenvalue weighted by Crippen LogP contribution is 2.43. The van der Waals surface area contributed by atoms with E-state index in [4.69, 9.17) is 4.74 Å². The summed E-state index contributed by atoms with van der Waals surface area (Å²) in [6, 6.07) is 18.0. The average Bonchev–Trinajstić information content (AvgIpc) is 3.26. The molecule has 1 N–H and O–H groups in total. The smallest absolute Gasteiger partial charge is 0.232 e. The van der Waals surface area contributed by atoms with Crippen LogP contribution in [-0.4, -0.2) is 26.1 Å². The minimum absolute atomic E-state index is 0.00742. The minimum atomic E-state index is -1.02. The number of hydrogen-bond donors (Lipinski definition) is 1. The van der Waals surface area contributed by atoms with Crippen molar-refractivity contribution in [3.8, 4) is 17.2 Å². The van der Waals surface area contributed by atoms with Crippen molar-refractivity contribution in [3.05, 3.63) is 95.3 Å². The van der Waals surface area contributed by atoms with E-state index in [0.29, 0.717) is 11.5 Å². The molecule has 1 aliphatic rings. The normalized spacial score (nSPS) is 12.6. The van der Waals surface area contributed by atoms with Gasteiger partial charge in [-0.15, -0.1) is 5.10 Å². The number of carbonyl (C=O) groups excluding carboxylic acids is 1. The topological polar surface area (TPSA) is 81.9 Å². The van der Waals surface area contributed by atoms with Crippen LogP contribution in [0.1, 0.15) is 22.9 Å². The van der Waals surface area contributed by atoms with Gasteiger partial charge in [-0.1, -0.05) is 36.4 Å². The molecule has 0 unspecified atom stereocenters. The summed E-state index contributed by atoms with van der Waals surface area (Å²) in [7, 11) is 0. The van der Waals surface area contributed by atoms with Gasteiger partial charge in [0.1, 0.15) is 11.5 Å². The van der Waals surface area contributed by atoms with Crippen molar-refractivity contribution in [1.82, 2.24) is 25.5 Å². The van der Waals surface area contributed by atoms with E-state index in [-0.39, 0.29) is 24.0 Å². The molecule has 9 heteroatoms. The standard InChI is InChI=1S/C22H15F2N5O2/c23-16-10-9-13(11-17(16)24)29-20(26-27-28-29)12-25-22(30)21-14-5-1-3-7-18(14)31-19-8-4-2-6-15(19)21/h1-11,21H,12H2,(H,25,30). The van der Waals surface area contributed by atoms with Crippen molar-refractivity contribution in [2.24, 2.45) is 0 Å². The van der Waals surface area contributed by atoms with Gasteiger partial charge in [-0.3, -0.25) is 4.79 Å². The van der Waals surface area contributed by atoms with Crippen LogP contribution in [0.3, 0.4) is 0 Å². The summed E-state index contributed by atoms with van der Waals surface area (Å²) in [4.78, 5) is 13.2. The first kappa shape index (κ1) is 18.9. The molecule has 7 nitrogen and oxygen atoms in total. The zero-order valence-electron chi connectivity index (χ0n) is 16.0. The van der Waals surface area contributed by atoms with E-state index in [9.17, 15) is 13.6 Å². The molecule has 4 aromatic rings. The fraction of sp³-hybridized carbons (Fsp3) is 0.0909. The second kappa shape index (κ2) is 7.60. The van der Waals surface area contributed by atoms with Crippen molar-refractivity contribution in [2.45, 2.75) is 12.5 Å². The van der Waals surface area contributed by atoms with E-state index in [1.807, 2.05) is 48.5 Å². The first-order chi connectivity index (χ1) is 15.1. The number of nitrogens with zero attached hydrogens (tertiary/aromatic N) is 4. The van der Waals surface area contributed by atoms with Gasteiger partial charge in [0.05, 0.1) is 18.2 Å². The SMILES string of the molecule is O=C(NCc1nnnn1-c1ccc(F)c(F)c1)C1c2ccccc2Oc2ccccc21. The van der Waals surface area contributed by atoms with Gasteiger partial charge >= 0.3 is 0 Å². The van der Waals surface area contributed by atoms with Crippen LogP contribution in [0.25, 0.3) is 5.69 Å². The van der Waals surface area contributed by atoms with Crippen LogP contribution in [0.5, 0.6) is 11.5 Å². The molecule has 1 aliphatic heterocycles. The highest BCUT2D eigenvalue weighted by molar-refractivity contribution is 5.89. The van der Waals surface area contributed by atoms with Gasteiger partial charge in [0.15, 0.2) is 17.5 Å². The van der Waals surface area contributed by atoms with Gasteiger partial charge in [-0.25, -0.2) is 8.78 Å². The van der Waals surface area contributed by atoms with Crippen LogP contribution >= 0.6 is 0 Å². The Hall–Kier alpha value is -4.14. The number of benzene rings is 3. The third kappa shape index (κ3) is 3.39. The molecule has 2 heterocycles. The second-order valence-electron chi connectivity index (χ2n) is 6.93. The Kier molecular flexibility index (Phi) is 4.62. The summed E-state index contributed by atoms with van der Waals surface area (Å²) in [5, 5.41) is 14.1. The fourth-order valence-electron chi connectivity index (χ4n) is 3.59. The van der Waals surface area contributed by atoms with Crippen LogP contribution in [0.4, 0.5) is 8.78 Å². The van der Waals surface area contributed by atoms with Crippen molar-refractivity contribution < 1.29 is 18.3 Å². The van der Waals surface area contributed by atoms with Gasteiger partial charge in [0.25, 0.3) is 0 Å². The Labute approximate surface area is 175 Å². The zero-order chi connectivity index (χ0) is 21.4. The number of carbonyl (C=O) groups is 1. The maximum absolute atomic E-state index is 13.6. The number of amides is 1. The Morgan fingerprint density at radius 3 is 2.32 bits per heavy atom. The van der Waals surface area contributed by atoms with E-state index >= 15 is 0 Å². The number of para-hydroxylation sites is 2. The molecule has 0 spiro atoms. The first-order valence-corrected chi connectivity index (χ1v) is 9.48. The van der Waals surface area contributed by atoms with E-state index < -0.39 is 17.6 Å². The molecule has 0 aliphatic carbocycles. The molecule has 31 heavy (non-hydrogen) atoms. The van der Waals surface area contributed by atoms with Crippen LogP contribution < -0.4 is 10.1 Å². The number of halogens is 2. The lowest BCUT2D eigenvalue weighted by atomic mass is 9.87. The van der Waals surface area contributed by atoms with Crippen LogP contribution in [0, 0.1) is 11.6 Å². The summed E-state index contributed by atoms with van der Waals surface area (Å²) < 4.78 is 34.0. The first-order valence-electron chi connectivity index (χ1n) is 9.48. The molecule has 0 saturated carbocycles. The largest absolute Gasteiger partial charge is 0.457 e. The average molecular weight is 419 g/mol. The Balaban J connectivity index is 1.42. The Morgan fingerprint density at radius 2 is 1.65 bits per heavy atom. The Morgan fingerprint density at radius 1 is 0.968 bits per heavy atom. The molecule has 0 fully saturated rings. The maximum Gasteiger partial charge on any atom is 0.232 e. The number of nitrogens with one attached hydrogen (secondary N) is 1. The van der Waals surface area contributed by atoms with Crippen molar-refractivity contribution >= 4 is 5.91 Å². The van der Waals surface area contributed by atoms with Gasteiger partial charge in [0.2, 0.25) is 5.91 Å². The lowest BCUT2D eigenvalue weighted by Gasteiger charge is -2.27. The molecule has 5 rings (SSSR count). The maximum atomic E-state index is 13.6. The number of aromatic nitrogens is 4. The van der Waals surface area contributed by atoms with Crippen molar-refractivity contribution in [2.75, 3.05) is 0 Å². The van der Waals surface area contributed by atoms with E-state index in [2.05, 4.69) is 20.8 Å². The number of tetrazole rings is 1. The highest BCUT2D eigenvalue weighted by Gasteiger charge is 2.32. The third-order valence-corrected chi connectivity index (χ3v) is 5.04. The molecule has 1 amide bonds. The summed E-state index contributed by atoms with van der Waals surface area (Å²) in [6.07, 6.45) is 0. The number of hydrogen-bond acceptors (Lipinski definition) is 5. The fourth-order valence-corrected chi connectivity index (χ4v) is 3.59. The van der Waals surface area contributed by atoms with Gasteiger partial charge in [0, 0.05) is 17.2 Å². The predicted octanol–water partition coefficient (Wildman–Crippen LogP) is 3.49. The molecular formula is C22H15F2N5O2. The number of ether oxygens (including phenoxy) is 1. The molecule has 0 atom stereocenters. The zero-order valence-corrected chi connectivity index (χ0v) is 16.0. The highest BCUT2D eigenvalue weighted by atomic mass is 19.2. The lowest BCUT2D eigenvalue weighted by Crippen LogP contribution is -2.32. The second-order valence-corrected chi connectivity index (χ2v) is 6.93. The monoisotopic (exact) mass is 419 g/mol. The van der Waals surface area contributed by atoms with E-state index in [1.165, 1.54) is 10.7 Å².